The van der Waals surface area contributed by atoms with Gasteiger partial charge in [-0.2, -0.15) is 0 Å². The van der Waals surface area contributed by atoms with Gasteiger partial charge in [0.25, 0.3) is 0 Å². The van der Waals surface area contributed by atoms with E-state index in [0.717, 1.165) is 31.2 Å². The van der Waals surface area contributed by atoms with Crippen LogP contribution in [0, 0.1) is 5.92 Å². The molecule has 2 fully saturated rings. The molecule has 1 N–H and O–H groups in total. The largest absolute Gasteiger partial charge is 0.504 e. The minimum absolute atomic E-state index is 0.160. The number of rotatable bonds is 4. The number of phenolic OH excluding ortho intramolecular Hbond substituents is 1. The normalized spacial score (nSPS) is 29.2. The maximum absolute atomic E-state index is 12.4. The molecule has 25 heavy (non-hydrogen) atoms. The van der Waals surface area contributed by atoms with Crippen LogP contribution >= 0.6 is 0 Å². The average molecular weight is 341 g/mol. The lowest BCUT2D eigenvalue weighted by molar-refractivity contribution is -0.136. The van der Waals surface area contributed by atoms with Crippen molar-refractivity contribution < 1.29 is 14.6 Å². The lowest BCUT2D eigenvalue weighted by atomic mass is 9.88. The fraction of sp³-hybridized carbons (Fsp3) is 0.571. The molecule has 1 saturated heterocycles. The van der Waals surface area contributed by atoms with Gasteiger partial charge in [-0.1, -0.05) is 37.1 Å². The highest BCUT2D eigenvalue weighted by atomic mass is 16.5. The Bertz CT molecular complexity index is 662. The molecule has 1 saturated carbocycles. The molecule has 1 aliphatic carbocycles. The van der Waals surface area contributed by atoms with Crippen LogP contribution in [0.1, 0.15) is 56.4 Å². The smallest absolute Gasteiger partial charge is 0.311 e. The van der Waals surface area contributed by atoms with E-state index in [1.54, 1.807) is 6.07 Å². The van der Waals surface area contributed by atoms with E-state index in [4.69, 9.17) is 4.74 Å². The number of hydrogen-bond acceptors (Lipinski definition) is 4. The Labute approximate surface area is 149 Å². The summed E-state index contributed by atoms with van der Waals surface area (Å²) < 4.78 is 5.54. The van der Waals surface area contributed by atoms with Gasteiger partial charge in [0.2, 0.25) is 0 Å². The molecule has 0 radical (unpaired) electrons. The third-order valence-corrected chi connectivity index (χ3v) is 6.26. The summed E-state index contributed by atoms with van der Waals surface area (Å²) in [5.74, 6) is 1.01. The maximum Gasteiger partial charge on any atom is 0.311 e. The maximum atomic E-state index is 12.4. The number of ether oxygens (including phenoxy) is 1. The van der Waals surface area contributed by atoms with E-state index in [1.165, 1.54) is 12.8 Å². The lowest BCUT2D eigenvalue weighted by Crippen LogP contribution is -2.41. The number of fused-ring (bicyclic) bond motifs is 2. The summed E-state index contributed by atoms with van der Waals surface area (Å²) in [5.41, 5.74) is 0.935. The number of piperidine rings is 1. The standard InChI is InChI=1S/C21H27NO3/c1-22-16-9-10-17(22)12-14(11-16)13-20(23)25-19-8-4-7-18(21(19)24)15-5-2-3-6-15/h4,7-10,14-17,24H,2-3,5-6,11-13H2,1H3/t14?,16-,17+. The fourth-order valence-corrected chi connectivity index (χ4v) is 4.80. The summed E-state index contributed by atoms with van der Waals surface area (Å²) in [7, 11) is 2.15. The molecule has 0 amide bonds. The summed E-state index contributed by atoms with van der Waals surface area (Å²) in [4.78, 5) is 14.8. The number of likely N-dealkylation sites (N-methyl/N-ethyl adjacent to an activating group) is 1. The molecular formula is C21H27NO3. The zero-order chi connectivity index (χ0) is 17.4. The second kappa shape index (κ2) is 6.83. The molecule has 0 aromatic heterocycles. The van der Waals surface area contributed by atoms with Crippen LogP contribution in [0.3, 0.4) is 0 Å². The van der Waals surface area contributed by atoms with E-state index in [-0.39, 0.29) is 11.7 Å². The molecule has 134 valence electrons. The van der Waals surface area contributed by atoms with Gasteiger partial charge in [-0.05, 0) is 50.6 Å². The number of nitrogens with zero attached hydrogens (tertiary/aromatic N) is 1. The number of carbonyl (C=O) groups is 1. The van der Waals surface area contributed by atoms with Crippen LogP contribution in [-0.4, -0.2) is 35.1 Å². The second-order valence-electron chi connectivity index (χ2n) is 7.88. The number of carbonyl (C=O) groups excluding carboxylic acids is 1. The second-order valence-corrected chi connectivity index (χ2v) is 7.88. The Morgan fingerprint density at radius 2 is 1.88 bits per heavy atom. The Hall–Kier alpha value is -1.81. The molecule has 4 nitrogen and oxygen atoms in total. The van der Waals surface area contributed by atoms with Gasteiger partial charge in [-0.15, -0.1) is 0 Å². The third-order valence-electron chi connectivity index (χ3n) is 6.26. The molecular weight excluding hydrogens is 314 g/mol. The first-order valence-electron chi connectivity index (χ1n) is 9.54. The molecule has 2 bridgehead atoms. The molecule has 4 heteroatoms. The van der Waals surface area contributed by atoms with Crippen molar-refractivity contribution in [1.29, 1.82) is 0 Å². The van der Waals surface area contributed by atoms with Crippen molar-refractivity contribution in [3.63, 3.8) is 0 Å². The zero-order valence-electron chi connectivity index (χ0n) is 14.9. The topological polar surface area (TPSA) is 49.8 Å². The minimum Gasteiger partial charge on any atom is -0.504 e. The van der Waals surface area contributed by atoms with Gasteiger partial charge in [0.15, 0.2) is 11.5 Å². The molecule has 1 aromatic carbocycles. The number of para-hydroxylation sites is 1. The molecule has 0 spiro atoms. The van der Waals surface area contributed by atoms with E-state index >= 15 is 0 Å². The van der Waals surface area contributed by atoms with Crippen molar-refractivity contribution in [1.82, 2.24) is 4.90 Å². The predicted octanol–water partition coefficient (Wildman–Crippen LogP) is 3.99. The highest BCUT2D eigenvalue weighted by molar-refractivity contribution is 5.74. The van der Waals surface area contributed by atoms with Crippen molar-refractivity contribution in [2.24, 2.45) is 5.92 Å². The van der Waals surface area contributed by atoms with Gasteiger partial charge >= 0.3 is 5.97 Å². The van der Waals surface area contributed by atoms with Crippen LogP contribution in [0.15, 0.2) is 30.4 Å². The summed E-state index contributed by atoms with van der Waals surface area (Å²) in [6.45, 7) is 0. The SMILES string of the molecule is CN1[C@@H]2C=C[C@H]1CC(CC(=O)Oc1cccc(C3CCCC3)c1O)C2. The van der Waals surface area contributed by atoms with Crippen molar-refractivity contribution in [2.75, 3.05) is 7.05 Å². The van der Waals surface area contributed by atoms with Crippen LogP contribution in [0.25, 0.3) is 0 Å². The van der Waals surface area contributed by atoms with Crippen LogP contribution in [0.4, 0.5) is 0 Å². The van der Waals surface area contributed by atoms with Crippen molar-refractivity contribution in [3.05, 3.63) is 35.9 Å². The summed E-state index contributed by atoms with van der Waals surface area (Å²) in [5, 5.41) is 10.5. The highest BCUT2D eigenvalue weighted by Gasteiger charge is 2.35. The van der Waals surface area contributed by atoms with E-state index < -0.39 is 0 Å². The number of phenols is 1. The number of aromatic hydroxyl groups is 1. The molecule has 1 unspecified atom stereocenters. The fourth-order valence-electron chi connectivity index (χ4n) is 4.80. The highest BCUT2D eigenvalue weighted by Crippen LogP contribution is 2.42. The van der Waals surface area contributed by atoms with E-state index in [2.05, 4.69) is 24.1 Å². The summed E-state index contributed by atoms with van der Waals surface area (Å²) in [6.07, 6.45) is 11.6. The Morgan fingerprint density at radius 3 is 2.56 bits per heavy atom. The minimum atomic E-state index is -0.229. The van der Waals surface area contributed by atoms with Crippen molar-refractivity contribution >= 4 is 5.97 Å². The first-order valence-corrected chi connectivity index (χ1v) is 9.54. The van der Waals surface area contributed by atoms with Crippen LogP contribution in [0.5, 0.6) is 11.5 Å². The lowest BCUT2D eigenvalue weighted by Gasteiger charge is -2.36. The van der Waals surface area contributed by atoms with E-state index in [0.29, 0.717) is 36.1 Å². The molecule has 4 rings (SSSR count). The monoisotopic (exact) mass is 341 g/mol. The van der Waals surface area contributed by atoms with E-state index in [1.807, 2.05) is 12.1 Å². The first-order chi connectivity index (χ1) is 12.1. The van der Waals surface area contributed by atoms with Gasteiger partial charge in [0.1, 0.15) is 0 Å². The Kier molecular flexibility index (Phi) is 4.55. The Balaban J connectivity index is 1.39. The predicted molar refractivity (Wildman–Crippen MR) is 96.8 cm³/mol. The van der Waals surface area contributed by atoms with Gasteiger partial charge in [-0.25, -0.2) is 0 Å². The van der Waals surface area contributed by atoms with Gasteiger partial charge < -0.3 is 9.84 Å². The Morgan fingerprint density at radius 1 is 1.20 bits per heavy atom. The molecule has 2 heterocycles. The molecule has 2 aliphatic heterocycles. The van der Waals surface area contributed by atoms with Crippen LogP contribution in [0.2, 0.25) is 0 Å². The molecule has 1 aromatic rings. The van der Waals surface area contributed by atoms with Crippen molar-refractivity contribution in [3.8, 4) is 11.5 Å². The van der Waals surface area contributed by atoms with Crippen LogP contribution in [-0.2, 0) is 4.79 Å². The van der Waals surface area contributed by atoms with Crippen molar-refractivity contribution in [2.45, 2.75) is 62.9 Å². The number of hydrogen-bond donors (Lipinski definition) is 1. The summed E-state index contributed by atoms with van der Waals surface area (Å²) >= 11 is 0. The average Bonchev–Trinajstić information content (AvgIpc) is 3.17. The first kappa shape index (κ1) is 16.6. The van der Waals surface area contributed by atoms with Gasteiger partial charge in [-0.3, -0.25) is 9.69 Å². The van der Waals surface area contributed by atoms with E-state index in [9.17, 15) is 9.90 Å². The summed E-state index contributed by atoms with van der Waals surface area (Å²) in [6, 6.07) is 6.45. The quantitative estimate of drug-likeness (QED) is 0.511. The third kappa shape index (κ3) is 3.32. The molecule has 3 atom stereocenters. The number of esters is 1. The molecule has 3 aliphatic rings. The number of benzene rings is 1. The van der Waals surface area contributed by atoms with Crippen LogP contribution < -0.4 is 4.74 Å². The zero-order valence-corrected chi connectivity index (χ0v) is 14.9. The van der Waals surface area contributed by atoms with Gasteiger partial charge in [0.05, 0.1) is 0 Å². The van der Waals surface area contributed by atoms with Gasteiger partial charge in [0, 0.05) is 24.1 Å².